The zero-order valence-electron chi connectivity index (χ0n) is 12.2. The molecule has 1 aromatic heterocycles. The van der Waals surface area contributed by atoms with Gasteiger partial charge in [0.1, 0.15) is 12.2 Å². The Kier molecular flexibility index (Phi) is 4.92. The molecule has 1 saturated heterocycles. The smallest absolute Gasteiger partial charge is 0.262 e. The van der Waals surface area contributed by atoms with Crippen LogP contribution in [0.3, 0.4) is 0 Å². The van der Waals surface area contributed by atoms with Gasteiger partial charge in [-0.1, -0.05) is 6.42 Å². The molecule has 2 atom stereocenters. The van der Waals surface area contributed by atoms with E-state index in [0.717, 1.165) is 19.3 Å². The van der Waals surface area contributed by atoms with Gasteiger partial charge in [-0.05, 0) is 19.8 Å². The van der Waals surface area contributed by atoms with Crippen molar-refractivity contribution in [3.8, 4) is 6.07 Å². The van der Waals surface area contributed by atoms with Gasteiger partial charge < -0.3 is 0 Å². The van der Waals surface area contributed by atoms with Gasteiger partial charge in [-0.25, -0.2) is 4.98 Å². The fraction of sp³-hybridized carbons (Fsp3) is 0.750. The van der Waals surface area contributed by atoms with E-state index >= 15 is 0 Å². The summed E-state index contributed by atoms with van der Waals surface area (Å²) >= 11 is 0. The summed E-state index contributed by atoms with van der Waals surface area (Å²) in [5, 5.41) is 15.4. The Labute approximate surface area is 125 Å². The average Bonchev–Trinajstić information content (AvgIpc) is 3.01. The Hall–Kier alpha value is -1.50. The highest BCUT2D eigenvalue weighted by Crippen LogP contribution is 2.31. The monoisotopic (exact) mass is 312 g/mol. The molecule has 1 aliphatic rings. The first-order chi connectivity index (χ1) is 9.96. The summed E-state index contributed by atoms with van der Waals surface area (Å²) in [6.45, 7) is 2.34. The zero-order valence-corrected chi connectivity index (χ0v) is 13.0. The van der Waals surface area contributed by atoms with Gasteiger partial charge in [0, 0.05) is 20.1 Å². The number of hydrogen-bond donors (Lipinski definition) is 1. The number of rotatable bonds is 5. The Morgan fingerprint density at radius 2 is 2.38 bits per heavy atom. The molecule has 21 heavy (non-hydrogen) atoms. The van der Waals surface area contributed by atoms with E-state index < -0.39 is 10.2 Å². The van der Waals surface area contributed by atoms with Crippen LogP contribution in [0.5, 0.6) is 0 Å². The van der Waals surface area contributed by atoms with Crippen LogP contribution < -0.4 is 0 Å². The van der Waals surface area contributed by atoms with Crippen molar-refractivity contribution in [3.63, 3.8) is 0 Å². The molecule has 0 unspecified atom stereocenters. The molecule has 116 valence electrons. The van der Waals surface area contributed by atoms with Crippen LogP contribution in [0, 0.1) is 17.2 Å². The number of nitrogens with one attached hydrogen (secondary N) is 1. The van der Waals surface area contributed by atoms with Crippen LogP contribution >= 0.6 is 0 Å². The Bertz CT molecular complexity index is 594. The summed E-state index contributed by atoms with van der Waals surface area (Å²) in [5.41, 5.74) is 0. The highest BCUT2D eigenvalue weighted by Gasteiger charge is 2.37. The molecule has 2 rings (SSSR count). The van der Waals surface area contributed by atoms with Gasteiger partial charge in [0.05, 0.1) is 18.0 Å². The van der Waals surface area contributed by atoms with Crippen molar-refractivity contribution in [2.24, 2.45) is 5.92 Å². The maximum atomic E-state index is 12.7. The number of hydrogen-bond acceptors (Lipinski definition) is 5. The van der Waals surface area contributed by atoms with Gasteiger partial charge in [0.15, 0.2) is 0 Å². The first kappa shape index (κ1) is 15.9. The Morgan fingerprint density at radius 1 is 1.62 bits per heavy atom. The average molecular weight is 312 g/mol. The highest BCUT2D eigenvalue weighted by atomic mass is 32.2. The topological polar surface area (TPSA) is 106 Å². The van der Waals surface area contributed by atoms with E-state index in [1.165, 1.54) is 22.0 Å². The molecular weight excluding hydrogens is 292 g/mol. The van der Waals surface area contributed by atoms with Gasteiger partial charge in [0.25, 0.3) is 10.2 Å². The largest absolute Gasteiger partial charge is 0.282 e. The van der Waals surface area contributed by atoms with Crippen molar-refractivity contribution in [1.29, 1.82) is 5.26 Å². The van der Waals surface area contributed by atoms with E-state index in [4.69, 9.17) is 5.26 Å². The standard InChI is InChI=1S/C12H20N6O2S/c1-10(7-13)8-17(2)21(19,20)18-6-4-3-5-11(18)12-14-9-15-16-12/h9-11H,3-6,8H2,1-2H3,(H,14,15,16)/t10-,11+/m1/s1. The van der Waals surface area contributed by atoms with Crippen molar-refractivity contribution in [2.45, 2.75) is 32.2 Å². The number of piperidine rings is 1. The summed E-state index contributed by atoms with van der Waals surface area (Å²) in [6.07, 6.45) is 3.88. The summed E-state index contributed by atoms with van der Waals surface area (Å²) in [6, 6.07) is 1.74. The van der Waals surface area contributed by atoms with Crippen molar-refractivity contribution in [2.75, 3.05) is 20.1 Å². The third-order valence-corrected chi connectivity index (χ3v) is 5.61. The molecule has 1 fully saturated rings. The van der Waals surface area contributed by atoms with E-state index in [9.17, 15) is 8.42 Å². The van der Waals surface area contributed by atoms with E-state index in [1.54, 1.807) is 6.92 Å². The van der Waals surface area contributed by atoms with E-state index in [2.05, 4.69) is 21.3 Å². The summed E-state index contributed by atoms with van der Waals surface area (Å²) < 4.78 is 28.2. The third kappa shape index (κ3) is 3.40. The number of nitrogens with zero attached hydrogens (tertiary/aromatic N) is 5. The molecule has 0 aliphatic carbocycles. The van der Waals surface area contributed by atoms with Crippen LogP contribution in [0.15, 0.2) is 6.33 Å². The summed E-state index contributed by atoms with van der Waals surface area (Å²) in [5.74, 6) is 0.221. The molecule has 0 aromatic carbocycles. The van der Waals surface area contributed by atoms with Crippen LogP contribution in [-0.2, 0) is 10.2 Å². The fourth-order valence-electron chi connectivity index (χ4n) is 2.53. The number of H-pyrrole nitrogens is 1. The number of aromatic amines is 1. The van der Waals surface area contributed by atoms with Gasteiger partial charge in [-0.15, -0.1) is 0 Å². The fourth-order valence-corrected chi connectivity index (χ4v) is 4.19. The Morgan fingerprint density at radius 3 is 3.00 bits per heavy atom. The van der Waals surface area contributed by atoms with Crippen molar-refractivity contribution in [1.82, 2.24) is 23.8 Å². The normalized spacial score (nSPS) is 22.1. The lowest BCUT2D eigenvalue weighted by Gasteiger charge is -2.36. The SMILES string of the molecule is C[C@H](C#N)CN(C)S(=O)(=O)N1CCCC[C@H]1c1ncn[nH]1. The zero-order chi connectivity index (χ0) is 15.5. The number of nitriles is 1. The predicted octanol–water partition coefficient (Wildman–Crippen LogP) is 0.668. The van der Waals surface area contributed by atoms with Crippen molar-refractivity contribution >= 4 is 10.2 Å². The molecule has 9 heteroatoms. The highest BCUT2D eigenvalue weighted by molar-refractivity contribution is 7.86. The molecular formula is C12H20N6O2S. The van der Waals surface area contributed by atoms with Crippen LogP contribution in [-0.4, -0.2) is 52.3 Å². The van der Waals surface area contributed by atoms with Gasteiger partial charge >= 0.3 is 0 Å². The molecule has 0 radical (unpaired) electrons. The second kappa shape index (κ2) is 6.51. The maximum Gasteiger partial charge on any atom is 0.282 e. The van der Waals surface area contributed by atoms with Crippen LogP contribution in [0.1, 0.15) is 38.1 Å². The maximum absolute atomic E-state index is 12.7. The molecule has 0 saturated carbocycles. The molecule has 1 aliphatic heterocycles. The molecule has 0 bridgehead atoms. The quantitative estimate of drug-likeness (QED) is 0.860. The van der Waals surface area contributed by atoms with E-state index in [1.807, 2.05) is 0 Å². The van der Waals surface area contributed by atoms with Crippen LogP contribution in [0.4, 0.5) is 0 Å². The first-order valence-electron chi connectivity index (χ1n) is 6.94. The lowest BCUT2D eigenvalue weighted by molar-refractivity contribution is 0.229. The molecule has 1 N–H and O–H groups in total. The molecule has 1 aromatic rings. The Balaban J connectivity index is 2.22. The second-order valence-electron chi connectivity index (χ2n) is 5.31. The first-order valence-corrected chi connectivity index (χ1v) is 8.34. The molecule has 2 heterocycles. The predicted molar refractivity (Wildman–Crippen MR) is 76.0 cm³/mol. The van der Waals surface area contributed by atoms with Crippen molar-refractivity contribution < 1.29 is 8.42 Å². The minimum Gasteiger partial charge on any atom is -0.262 e. The van der Waals surface area contributed by atoms with Gasteiger partial charge in [-0.2, -0.15) is 27.4 Å². The summed E-state index contributed by atoms with van der Waals surface area (Å²) in [7, 11) is -2.11. The van der Waals surface area contributed by atoms with E-state index in [-0.39, 0.29) is 18.5 Å². The van der Waals surface area contributed by atoms with Gasteiger partial charge in [0.2, 0.25) is 0 Å². The number of aromatic nitrogens is 3. The van der Waals surface area contributed by atoms with E-state index in [0.29, 0.717) is 12.4 Å². The van der Waals surface area contributed by atoms with Crippen LogP contribution in [0.25, 0.3) is 0 Å². The molecule has 8 nitrogen and oxygen atoms in total. The summed E-state index contributed by atoms with van der Waals surface area (Å²) in [4.78, 5) is 4.10. The van der Waals surface area contributed by atoms with Crippen molar-refractivity contribution in [3.05, 3.63) is 12.2 Å². The van der Waals surface area contributed by atoms with Crippen LogP contribution in [0.2, 0.25) is 0 Å². The molecule has 0 spiro atoms. The van der Waals surface area contributed by atoms with Gasteiger partial charge in [-0.3, -0.25) is 5.10 Å². The second-order valence-corrected chi connectivity index (χ2v) is 7.30. The lowest BCUT2D eigenvalue weighted by Crippen LogP contribution is -2.47. The minimum atomic E-state index is -3.61. The third-order valence-electron chi connectivity index (χ3n) is 3.64. The lowest BCUT2D eigenvalue weighted by atomic mass is 10.0. The minimum absolute atomic E-state index is 0.179. The molecule has 0 amide bonds.